The molecule has 3 amide bonds. The van der Waals surface area contributed by atoms with Crippen LogP contribution in [-0.2, 0) is 22.2 Å². The van der Waals surface area contributed by atoms with E-state index in [-0.39, 0.29) is 30.3 Å². The Hall–Kier alpha value is -4.08. The molecule has 1 aromatic heterocycles. The zero-order valence-corrected chi connectivity index (χ0v) is 18.7. The summed E-state index contributed by atoms with van der Waals surface area (Å²) in [6.07, 6.45) is -2.87. The minimum absolute atomic E-state index is 0.0594. The van der Waals surface area contributed by atoms with Gasteiger partial charge in [0.05, 0.1) is 23.4 Å². The molecule has 0 bridgehead atoms. The van der Waals surface area contributed by atoms with Gasteiger partial charge in [0.25, 0.3) is 5.91 Å². The van der Waals surface area contributed by atoms with E-state index in [2.05, 4.69) is 10.6 Å². The Labute approximate surface area is 198 Å². The highest BCUT2D eigenvalue weighted by Crippen LogP contribution is 2.37. The standard InChI is InChI=1S/C25H22F3N3O4/c1-2-15-5-3-6-18(11-15)31-14-16(12-22(31)32)23(33)30-20-9-8-17(13-19(20)25(26,27)28)29-24(34)21-7-4-10-35-21/h3-11,13,16H,2,12,14H2,1H3,(H,29,34)(H,30,33). The SMILES string of the molecule is CCc1cccc(N2CC(C(=O)Nc3ccc(NC(=O)c4ccco4)cc3C(F)(F)F)CC2=O)c1. The van der Waals surface area contributed by atoms with Gasteiger partial charge in [-0.15, -0.1) is 0 Å². The molecule has 35 heavy (non-hydrogen) atoms. The van der Waals surface area contributed by atoms with Gasteiger partial charge >= 0.3 is 6.18 Å². The molecule has 1 aliphatic rings. The van der Waals surface area contributed by atoms with E-state index < -0.39 is 35.2 Å². The van der Waals surface area contributed by atoms with Gasteiger partial charge in [0.1, 0.15) is 0 Å². The van der Waals surface area contributed by atoms with E-state index >= 15 is 0 Å². The van der Waals surface area contributed by atoms with Gasteiger partial charge in [0, 0.05) is 24.3 Å². The van der Waals surface area contributed by atoms with Crippen LogP contribution >= 0.6 is 0 Å². The third-order valence-corrected chi connectivity index (χ3v) is 5.71. The fourth-order valence-corrected chi connectivity index (χ4v) is 3.88. The van der Waals surface area contributed by atoms with Crippen LogP contribution in [0.2, 0.25) is 0 Å². The lowest BCUT2D eigenvalue weighted by Gasteiger charge is -2.19. The number of alkyl halides is 3. The number of benzene rings is 2. The zero-order chi connectivity index (χ0) is 25.2. The predicted octanol–water partition coefficient (Wildman–Crippen LogP) is 5.10. The third kappa shape index (κ3) is 5.37. The highest BCUT2D eigenvalue weighted by Gasteiger charge is 2.38. The van der Waals surface area contributed by atoms with Crippen molar-refractivity contribution in [2.45, 2.75) is 25.9 Å². The van der Waals surface area contributed by atoms with Crippen LogP contribution in [-0.4, -0.2) is 24.3 Å². The maximum absolute atomic E-state index is 13.7. The first-order valence-electron chi connectivity index (χ1n) is 10.9. The van der Waals surface area contributed by atoms with Gasteiger partial charge in [-0.05, 0) is 54.4 Å². The smallest absolute Gasteiger partial charge is 0.418 e. The quantitative estimate of drug-likeness (QED) is 0.508. The lowest BCUT2D eigenvalue weighted by atomic mass is 10.1. The number of anilines is 3. The molecule has 1 atom stereocenters. The van der Waals surface area contributed by atoms with Gasteiger partial charge in [-0.25, -0.2) is 0 Å². The normalized spacial score (nSPS) is 15.8. The molecular weight excluding hydrogens is 463 g/mol. The van der Waals surface area contributed by atoms with Crippen molar-refractivity contribution >= 4 is 34.8 Å². The molecule has 0 aliphatic carbocycles. The van der Waals surface area contributed by atoms with Crippen molar-refractivity contribution in [2.75, 3.05) is 22.1 Å². The Balaban J connectivity index is 1.50. The number of carbonyl (C=O) groups excluding carboxylic acids is 3. The largest absolute Gasteiger partial charge is 0.459 e. The van der Waals surface area contributed by atoms with Crippen LogP contribution in [0.3, 0.4) is 0 Å². The van der Waals surface area contributed by atoms with E-state index in [0.29, 0.717) is 5.69 Å². The molecule has 2 aromatic carbocycles. The van der Waals surface area contributed by atoms with Gasteiger partial charge in [-0.2, -0.15) is 13.2 Å². The monoisotopic (exact) mass is 485 g/mol. The summed E-state index contributed by atoms with van der Waals surface area (Å²) in [4.78, 5) is 38.9. The Morgan fingerprint density at radius 2 is 1.89 bits per heavy atom. The number of amides is 3. The Kier molecular flexibility index (Phi) is 6.63. The van der Waals surface area contributed by atoms with E-state index in [1.807, 2.05) is 25.1 Å². The van der Waals surface area contributed by atoms with Crippen molar-refractivity contribution in [1.82, 2.24) is 0 Å². The fraction of sp³-hybridized carbons (Fsp3) is 0.240. The number of rotatable bonds is 6. The van der Waals surface area contributed by atoms with Crippen molar-refractivity contribution in [3.8, 4) is 0 Å². The molecule has 10 heteroatoms. The van der Waals surface area contributed by atoms with E-state index in [4.69, 9.17) is 4.42 Å². The van der Waals surface area contributed by atoms with E-state index in [1.54, 1.807) is 6.07 Å². The van der Waals surface area contributed by atoms with E-state index in [9.17, 15) is 27.6 Å². The molecule has 0 saturated carbocycles. The first-order valence-corrected chi connectivity index (χ1v) is 10.9. The molecule has 1 saturated heterocycles. The number of nitrogens with one attached hydrogen (secondary N) is 2. The molecule has 0 radical (unpaired) electrons. The lowest BCUT2D eigenvalue weighted by molar-refractivity contribution is -0.137. The summed E-state index contributed by atoms with van der Waals surface area (Å²) in [5.41, 5.74) is -0.0263. The summed E-state index contributed by atoms with van der Waals surface area (Å²) in [5.74, 6) is -2.55. The van der Waals surface area contributed by atoms with Crippen molar-refractivity contribution in [3.63, 3.8) is 0 Å². The lowest BCUT2D eigenvalue weighted by Crippen LogP contribution is -2.28. The first kappa shape index (κ1) is 24.1. The van der Waals surface area contributed by atoms with Gasteiger partial charge < -0.3 is 20.0 Å². The van der Waals surface area contributed by atoms with E-state index in [1.165, 1.54) is 29.4 Å². The Bertz CT molecular complexity index is 1260. The molecule has 4 rings (SSSR count). The van der Waals surface area contributed by atoms with Crippen LogP contribution in [0.25, 0.3) is 0 Å². The van der Waals surface area contributed by atoms with E-state index in [0.717, 1.165) is 24.1 Å². The second-order valence-electron chi connectivity index (χ2n) is 8.11. The van der Waals surface area contributed by atoms with Gasteiger partial charge in [-0.1, -0.05) is 19.1 Å². The maximum atomic E-state index is 13.7. The number of furan rings is 1. The minimum Gasteiger partial charge on any atom is -0.459 e. The maximum Gasteiger partial charge on any atom is 0.418 e. The number of carbonyl (C=O) groups is 3. The van der Waals surface area contributed by atoms with Crippen molar-refractivity contribution in [3.05, 3.63) is 77.7 Å². The summed E-state index contributed by atoms with van der Waals surface area (Å²) >= 11 is 0. The van der Waals surface area contributed by atoms with Crippen LogP contribution in [0.1, 0.15) is 35.0 Å². The molecule has 2 N–H and O–H groups in total. The van der Waals surface area contributed by atoms with Crippen LogP contribution in [0, 0.1) is 5.92 Å². The molecular formula is C25H22F3N3O4. The summed E-state index contributed by atoms with van der Waals surface area (Å²) in [6, 6.07) is 13.3. The molecule has 2 heterocycles. The molecule has 1 unspecified atom stereocenters. The molecule has 1 aliphatic heterocycles. The summed E-state index contributed by atoms with van der Waals surface area (Å²) in [5, 5.41) is 4.65. The average Bonchev–Trinajstić information content (AvgIpc) is 3.49. The molecule has 182 valence electrons. The molecule has 0 spiro atoms. The van der Waals surface area contributed by atoms with Gasteiger partial charge in [0.15, 0.2) is 5.76 Å². The number of hydrogen-bond acceptors (Lipinski definition) is 4. The number of aryl methyl sites for hydroxylation is 1. The third-order valence-electron chi connectivity index (χ3n) is 5.71. The zero-order valence-electron chi connectivity index (χ0n) is 18.7. The first-order chi connectivity index (χ1) is 16.7. The summed E-state index contributed by atoms with van der Waals surface area (Å²) in [6.45, 7) is 2.05. The average molecular weight is 485 g/mol. The van der Waals surface area contributed by atoms with Crippen molar-refractivity contribution < 1.29 is 32.0 Å². The number of halogens is 3. The van der Waals surface area contributed by atoms with Crippen LogP contribution in [0.15, 0.2) is 65.3 Å². The summed E-state index contributed by atoms with van der Waals surface area (Å²) < 4.78 is 46.2. The Morgan fingerprint density at radius 1 is 1.09 bits per heavy atom. The fourth-order valence-electron chi connectivity index (χ4n) is 3.88. The van der Waals surface area contributed by atoms with Crippen molar-refractivity contribution in [1.29, 1.82) is 0 Å². The predicted molar refractivity (Wildman–Crippen MR) is 123 cm³/mol. The highest BCUT2D eigenvalue weighted by atomic mass is 19.4. The molecule has 3 aromatic rings. The minimum atomic E-state index is -4.80. The van der Waals surface area contributed by atoms with Crippen LogP contribution < -0.4 is 15.5 Å². The number of hydrogen-bond donors (Lipinski definition) is 2. The van der Waals surface area contributed by atoms with Crippen molar-refractivity contribution in [2.24, 2.45) is 5.92 Å². The van der Waals surface area contributed by atoms with Gasteiger partial charge in [-0.3, -0.25) is 14.4 Å². The molecule has 7 nitrogen and oxygen atoms in total. The van der Waals surface area contributed by atoms with Crippen LogP contribution in [0.5, 0.6) is 0 Å². The molecule has 1 fully saturated rings. The topological polar surface area (TPSA) is 91.7 Å². The second kappa shape index (κ2) is 9.65. The second-order valence-corrected chi connectivity index (χ2v) is 8.11. The highest BCUT2D eigenvalue weighted by molar-refractivity contribution is 6.04. The van der Waals surface area contributed by atoms with Crippen LogP contribution in [0.4, 0.5) is 30.2 Å². The Morgan fingerprint density at radius 3 is 2.57 bits per heavy atom. The summed E-state index contributed by atoms with van der Waals surface area (Å²) in [7, 11) is 0. The number of nitrogens with zero attached hydrogens (tertiary/aromatic N) is 1. The van der Waals surface area contributed by atoms with Gasteiger partial charge in [0.2, 0.25) is 11.8 Å².